The molecule has 0 bridgehead atoms. The fourth-order valence-electron chi connectivity index (χ4n) is 4.04. The van der Waals surface area contributed by atoms with Crippen LogP contribution in [-0.4, -0.2) is 39.7 Å². The Balaban J connectivity index is 1.39. The lowest BCUT2D eigenvalue weighted by Gasteiger charge is -2.36. The lowest BCUT2D eigenvalue weighted by atomic mass is 9.91. The highest BCUT2D eigenvalue weighted by atomic mass is 35.5. The van der Waals surface area contributed by atoms with Crippen molar-refractivity contribution < 1.29 is 9.18 Å². The van der Waals surface area contributed by atoms with Crippen molar-refractivity contribution in [2.24, 2.45) is 5.92 Å². The number of hydrogen-bond donors (Lipinski definition) is 1. The van der Waals surface area contributed by atoms with E-state index in [-0.39, 0.29) is 10.9 Å². The normalized spacial score (nSPS) is 16.7. The molecule has 0 aliphatic carbocycles. The van der Waals surface area contributed by atoms with Crippen molar-refractivity contribution in [2.45, 2.75) is 59.0 Å². The molecule has 5 nitrogen and oxygen atoms in total. The van der Waals surface area contributed by atoms with Gasteiger partial charge in [-0.3, -0.25) is 14.4 Å². The van der Waals surface area contributed by atoms with Crippen LogP contribution in [0.25, 0.3) is 0 Å². The number of amides is 1. The number of carbonyl (C=O) groups is 1. The summed E-state index contributed by atoms with van der Waals surface area (Å²) in [5, 5.41) is 7.39. The van der Waals surface area contributed by atoms with Crippen molar-refractivity contribution >= 4 is 23.2 Å². The van der Waals surface area contributed by atoms with E-state index in [1.54, 1.807) is 0 Å². The molecule has 0 saturated carbocycles. The number of nitrogens with one attached hydrogen (secondary N) is 1. The van der Waals surface area contributed by atoms with Crippen LogP contribution < -0.4 is 5.32 Å². The van der Waals surface area contributed by atoms with E-state index in [9.17, 15) is 9.18 Å². The van der Waals surface area contributed by atoms with Gasteiger partial charge in [0, 0.05) is 23.8 Å². The monoisotopic (exact) mass is 420 g/mol. The van der Waals surface area contributed by atoms with E-state index in [0.717, 1.165) is 44.6 Å². The van der Waals surface area contributed by atoms with Crippen LogP contribution in [0.15, 0.2) is 24.3 Å². The fourth-order valence-corrected chi connectivity index (χ4v) is 4.22. The summed E-state index contributed by atoms with van der Waals surface area (Å²) < 4.78 is 15.3. The number of aryl methyl sites for hydroxylation is 2. The number of halogens is 2. The van der Waals surface area contributed by atoms with E-state index in [1.807, 2.05) is 6.92 Å². The van der Waals surface area contributed by atoms with Crippen molar-refractivity contribution in [1.82, 2.24) is 14.7 Å². The Hall–Kier alpha value is -1.92. The Labute approximate surface area is 177 Å². The van der Waals surface area contributed by atoms with Gasteiger partial charge in [0.05, 0.1) is 17.3 Å². The molecule has 1 aromatic heterocycles. The highest BCUT2D eigenvalue weighted by Crippen LogP contribution is 2.24. The van der Waals surface area contributed by atoms with Crippen LogP contribution in [0, 0.1) is 25.6 Å². The van der Waals surface area contributed by atoms with Gasteiger partial charge in [0.15, 0.2) is 0 Å². The minimum Gasteiger partial charge on any atom is -0.326 e. The molecular formula is C22H30ClFN4O. The van der Waals surface area contributed by atoms with Crippen LogP contribution in [0.1, 0.15) is 44.0 Å². The third-order valence-corrected chi connectivity index (χ3v) is 6.09. The zero-order valence-electron chi connectivity index (χ0n) is 17.4. The molecule has 1 amide bonds. The van der Waals surface area contributed by atoms with Crippen molar-refractivity contribution in [1.29, 1.82) is 0 Å². The summed E-state index contributed by atoms with van der Waals surface area (Å²) in [6.07, 6.45) is 3.57. The summed E-state index contributed by atoms with van der Waals surface area (Å²) in [5.41, 5.74) is 2.81. The predicted octanol–water partition coefficient (Wildman–Crippen LogP) is 4.81. The second-order valence-corrected chi connectivity index (χ2v) is 8.56. The van der Waals surface area contributed by atoms with Crippen molar-refractivity contribution in [3.05, 3.63) is 46.5 Å². The van der Waals surface area contributed by atoms with Gasteiger partial charge < -0.3 is 5.32 Å². The van der Waals surface area contributed by atoms with Gasteiger partial charge in [0.1, 0.15) is 5.82 Å². The van der Waals surface area contributed by atoms with E-state index in [0.29, 0.717) is 24.1 Å². The van der Waals surface area contributed by atoms with Crippen LogP contribution in [0.5, 0.6) is 0 Å². The van der Waals surface area contributed by atoms with Gasteiger partial charge in [-0.05, 0) is 83.3 Å². The van der Waals surface area contributed by atoms with E-state index in [2.05, 4.69) is 39.9 Å². The van der Waals surface area contributed by atoms with Crippen molar-refractivity contribution in [2.75, 3.05) is 18.4 Å². The smallest absolute Gasteiger partial charge is 0.224 e. The predicted molar refractivity (Wildman–Crippen MR) is 115 cm³/mol. The lowest BCUT2D eigenvalue weighted by molar-refractivity contribution is -0.116. The van der Waals surface area contributed by atoms with Crippen molar-refractivity contribution in [3.63, 3.8) is 0 Å². The molecule has 1 aliphatic rings. The fraction of sp³-hybridized carbons (Fsp3) is 0.545. The number of hydrogen-bond acceptors (Lipinski definition) is 3. The molecule has 2 heterocycles. The molecule has 7 heteroatoms. The average molecular weight is 421 g/mol. The van der Waals surface area contributed by atoms with Crippen LogP contribution >= 0.6 is 11.6 Å². The van der Waals surface area contributed by atoms with E-state index in [1.165, 1.54) is 23.9 Å². The summed E-state index contributed by atoms with van der Waals surface area (Å²) in [6, 6.07) is 6.80. The number of nitrogens with zero attached hydrogens (tertiary/aromatic N) is 3. The lowest BCUT2D eigenvalue weighted by Crippen LogP contribution is -2.42. The van der Waals surface area contributed by atoms with E-state index >= 15 is 0 Å². The number of piperidine rings is 1. The topological polar surface area (TPSA) is 50.2 Å². The maximum Gasteiger partial charge on any atom is 0.224 e. The number of anilines is 1. The van der Waals surface area contributed by atoms with Gasteiger partial charge in [-0.2, -0.15) is 5.10 Å². The first-order chi connectivity index (χ1) is 13.8. The SMILES string of the molecule is Cc1cc(C)n(C[C@H](C)N2CCC(CCC(=O)Nc3ccc(F)c(Cl)c3)CC2)n1. The zero-order chi connectivity index (χ0) is 21.0. The van der Waals surface area contributed by atoms with E-state index in [4.69, 9.17) is 11.6 Å². The average Bonchev–Trinajstić information content (AvgIpc) is 3.00. The maximum atomic E-state index is 13.2. The first-order valence-corrected chi connectivity index (χ1v) is 10.7. The highest BCUT2D eigenvalue weighted by molar-refractivity contribution is 6.31. The van der Waals surface area contributed by atoms with Crippen molar-refractivity contribution in [3.8, 4) is 0 Å². The Morgan fingerprint density at radius 1 is 1.31 bits per heavy atom. The summed E-state index contributed by atoms with van der Waals surface area (Å²) in [4.78, 5) is 14.7. The number of benzene rings is 1. The number of rotatable bonds is 7. The van der Waals surface area contributed by atoms with Gasteiger partial charge in [-0.15, -0.1) is 0 Å². The Bertz CT molecular complexity index is 845. The van der Waals surface area contributed by atoms with Gasteiger partial charge in [-0.25, -0.2) is 4.39 Å². The quantitative estimate of drug-likeness (QED) is 0.699. The molecule has 0 radical (unpaired) electrons. The Morgan fingerprint density at radius 3 is 2.66 bits per heavy atom. The molecule has 3 rings (SSSR count). The van der Waals surface area contributed by atoms with Crippen LogP contribution in [0.3, 0.4) is 0 Å². The highest BCUT2D eigenvalue weighted by Gasteiger charge is 2.24. The van der Waals surface area contributed by atoms with E-state index < -0.39 is 5.82 Å². The molecule has 1 atom stereocenters. The molecule has 1 saturated heterocycles. The van der Waals surface area contributed by atoms with Gasteiger partial charge in [-0.1, -0.05) is 11.6 Å². The first kappa shape index (κ1) is 21.8. The second kappa shape index (κ2) is 9.72. The second-order valence-electron chi connectivity index (χ2n) is 8.15. The standard InChI is InChI=1S/C22H30ClFN4O/c1-15-12-16(2)28(26-15)14-17(3)27-10-8-18(9-11-27)4-7-22(29)25-19-5-6-21(24)20(23)13-19/h5-6,12-13,17-18H,4,7-11,14H2,1-3H3,(H,25,29)/t17-/m0/s1. The summed E-state index contributed by atoms with van der Waals surface area (Å²) >= 11 is 5.76. The summed E-state index contributed by atoms with van der Waals surface area (Å²) in [7, 11) is 0. The van der Waals surface area contributed by atoms with Gasteiger partial charge >= 0.3 is 0 Å². The summed E-state index contributed by atoms with van der Waals surface area (Å²) in [6.45, 7) is 9.41. The number of aromatic nitrogens is 2. The third kappa shape index (κ3) is 6.03. The van der Waals surface area contributed by atoms with Crippen LogP contribution in [0.2, 0.25) is 5.02 Å². The molecule has 29 heavy (non-hydrogen) atoms. The van der Waals surface area contributed by atoms with Crippen LogP contribution in [0.4, 0.5) is 10.1 Å². The largest absolute Gasteiger partial charge is 0.326 e. The van der Waals surface area contributed by atoms with Gasteiger partial charge in [0.25, 0.3) is 0 Å². The molecule has 1 aromatic carbocycles. The molecule has 1 N–H and O–H groups in total. The molecule has 0 unspecified atom stereocenters. The number of carbonyl (C=O) groups excluding carboxylic acids is 1. The zero-order valence-corrected chi connectivity index (χ0v) is 18.2. The molecule has 1 fully saturated rings. The third-order valence-electron chi connectivity index (χ3n) is 5.80. The molecule has 158 valence electrons. The van der Waals surface area contributed by atoms with Crippen LogP contribution in [-0.2, 0) is 11.3 Å². The minimum atomic E-state index is -0.483. The Morgan fingerprint density at radius 2 is 2.03 bits per heavy atom. The first-order valence-electron chi connectivity index (χ1n) is 10.3. The minimum absolute atomic E-state index is 0.0183. The maximum absolute atomic E-state index is 13.2. The molecule has 2 aromatic rings. The molecule has 1 aliphatic heterocycles. The number of likely N-dealkylation sites (tertiary alicyclic amines) is 1. The molecular weight excluding hydrogens is 391 g/mol. The van der Waals surface area contributed by atoms with Gasteiger partial charge in [0.2, 0.25) is 5.91 Å². The molecule has 0 spiro atoms. The Kier molecular flexibility index (Phi) is 7.30. The summed E-state index contributed by atoms with van der Waals surface area (Å²) in [5.74, 6) is 0.0335.